The Morgan fingerprint density at radius 3 is 2.45 bits per heavy atom. The molecule has 2 aromatic carbocycles. The molecule has 10 heteroatoms. The number of benzene rings is 2. The van der Waals surface area contributed by atoms with Gasteiger partial charge in [-0.3, -0.25) is 9.69 Å². The third kappa shape index (κ3) is 7.76. The van der Waals surface area contributed by atoms with Gasteiger partial charge in [-0.2, -0.15) is 0 Å². The van der Waals surface area contributed by atoms with Crippen LogP contribution in [-0.4, -0.2) is 79.3 Å². The molecule has 0 bridgehead atoms. The van der Waals surface area contributed by atoms with E-state index in [9.17, 15) is 22.7 Å². The molecule has 2 aliphatic rings. The number of piperidine rings is 1. The highest BCUT2D eigenvalue weighted by molar-refractivity contribution is 7.90. The molecular formula is C34H44FN3O4S2. The lowest BCUT2D eigenvalue weighted by Gasteiger charge is -2.35. The second-order valence-electron chi connectivity index (χ2n) is 13.1. The molecule has 0 amide bonds. The summed E-state index contributed by atoms with van der Waals surface area (Å²) in [6.45, 7) is 6.82. The first-order chi connectivity index (χ1) is 20.9. The minimum Gasteiger partial charge on any atom is -0.480 e. The number of hydrogen-bond acceptors (Lipinski definition) is 7. The monoisotopic (exact) mass is 641 g/mol. The van der Waals surface area contributed by atoms with Gasteiger partial charge < -0.3 is 10.0 Å². The third-order valence-electron chi connectivity index (χ3n) is 9.61. The fourth-order valence-electron chi connectivity index (χ4n) is 7.29. The summed E-state index contributed by atoms with van der Waals surface area (Å²) in [4.78, 5) is 23.0. The van der Waals surface area contributed by atoms with Crippen LogP contribution in [0.25, 0.3) is 0 Å². The summed E-state index contributed by atoms with van der Waals surface area (Å²) in [5.74, 6) is -0.0323. The number of rotatable bonds is 11. The van der Waals surface area contributed by atoms with Gasteiger partial charge >= 0.3 is 5.97 Å². The van der Waals surface area contributed by atoms with Crippen LogP contribution in [0.5, 0.6) is 0 Å². The number of aliphatic carboxylic acids is 1. The zero-order valence-corrected chi connectivity index (χ0v) is 27.7. The van der Waals surface area contributed by atoms with Gasteiger partial charge in [0.15, 0.2) is 9.84 Å². The minimum atomic E-state index is -3.21. The lowest BCUT2D eigenvalue weighted by atomic mass is 9.87. The molecule has 0 radical (unpaired) electrons. The summed E-state index contributed by atoms with van der Waals surface area (Å²) >= 11 is 1.75. The molecule has 4 atom stereocenters. The predicted octanol–water partition coefficient (Wildman–Crippen LogP) is 6.06. The smallest absolute Gasteiger partial charge is 0.321 e. The zero-order chi connectivity index (χ0) is 31.6. The zero-order valence-electron chi connectivity index (χ0n) is 26.0. The average Bonchev–Trinajstić information content (AvgIpc) is 3.60. The maximum Gasteiger partial charge on any atom is 0.321 e. The molecule has 44 heavy (non-hydrogen) atoms. The molecular weight excluding hydrogens is 598 g/mol. The van der Waals surface area contributed by atoms with Gasteiger partial charge in [0.2, 0.25) is 0 Å². The average molecular weight is 642 g/mol. The minimum absolute atomic E-state index is 0.00381. The van der Waals surface area contributed by atoms with Crippen LogP contribution in [0.1, 0.15) is 72.4 Å². The Balaban J connectivity index is 1.21. The van der Waals surface area contributed by atoms with E-state index in [1.165, 1.54) is 17.2 Å². The molecule has 1 N–H and O–H groups in total. The van der Waals surface area contributed by atoms with Gasteiger partial charge in [0, 0.05) is 36.3 Å². The van der Waals surface area contributed by atoms with E-state index in [-0.39, 0.29) is 23.7 Å². The van der Waals surface area contributed by atoms with Crippen LogP contribution in [0.2, 0.25) is 0 Å². The number of carboxylic acid groups (broad SMARTS) is 1. The first kappa shape index (κ1) is 32.7. The molecule has 238 valence electrons. The van der Waals surface area contributed by atoms with Gasteiger partial charge in [0.25, 0.3) is 0 Å². The third-order valence-corrected chi connectivity index (χ3v) is 11.9. The number of sulfone groups is 1. The normalized spacial score (nSPS) is 22.6. The van der Waals surface area contributed by atoms with E-state index in [1.54, 1.807) is 35.6 Å². The van der Waals surface area contributed by atoms with E-state index in [2.05, 4.69) is 9.88 Å². The summed E-state index contributed by atoms with van der Waals surface area (Å²) in [6.07, 6.45) is 7.76. The first-order valence-corrected chi connectivity index (χ1v) is 18.3. The van der Waals surface area contributed by atoms with Crippen LogP contribution in [0, 0.1) is 17.7 Å². The number of hydrogen-bond donors (Lipinski definition) is 1. The summed E-state index contributed by atoms with van der Waals surface area (Å²) in [5.41, 5.74) is 2.06. The largest absolute Gasteiger partial charge is 0.480 e. The highest BCUT2D eigenvalue weighted by atomic mass is 32.2. The van der Waals surface area contributed by atoms with E-state index in [1.807, 2.05) is 50.2 Å². The van der Waals surface area contributed by atoms with Crippen molar-refractivity contribution in [1.82, 2.24) is 14.8 Å². The lowest BCUT2D eigenvalue weighted by Crippen LogP contribution is -2.47. The molecule has 1 saturated heterocycles. The van der Waals surface area contributed by atoms with E-state index in [4.69, 9.17) is 0 Å². The van der Waals surface area contributed by atoms with Gasteiger partial charge in [-0.05, 0) is 105 Å². The highest BCUT2D eigenvalue weighted by Crippen LogP contribution is 2.44. The van der Waals surface area contributed by atoms with Crippen molar-refractivity contribution in [3.63, 3.8) is 0 Å². The standard InChI is InChI=1S/C34H44FN3O4S2/c1-22(2)33(34(39)40)37(3)28-18-26(30(19-28)25-6-5-7-27(35)17-25)21-38-14-12-24(13-15-38)31-20-36-32(43-31)16-23-8-10-29(11-9-23)44(4,41)42/h5-11,17,20,22,24,26,28,30,33H,12-16,18-19,21H2,1-4H3,(H,39,40)/t26-,28+,30-,33-/m1/s1. The maximum absolute atomic E-state index is 14.3. The van der Waals surface area contributed by atoms with Crippen molar-refractivity contribution in [3.05, 3.63) is 81.6 Å². The second kappa shape index (κ2) is 13.8. The predicted molar refractivity (Wildman–Crippen MR) is 173 cm³/mol. The molecule has 3 aromatic rings. The topological polar surface area (TPSA) is 90.8 Å². The number of thiazole rings is 1. The van der Waals surface area contributed by atoms with E-state index < -0.39 is 21.8 Å². The molecule has 2 heterocycles. The van der Waals surface area contributed by atoms with Crippen molar-refractivity contribution in [1.29, 1.82) is 0 Å². The maximum atomic E-state index is 14.3. The Morgan fingerprint density at radius 2 is 1.84 bits per heavy atom. The van der Waals surface area contributed by atoms with Crippen LogP contribution < -0.4 is 0 Å². The fourth-order valence-corrected chi connectivity index (χ4v) is 9.04. The van der Waals surface area contributed by atoms with Crippen LogP contribution in [-0.2, 0) is 21.1 Å². The van der Waals surface area contributed by atoms with Crippen molar-refractivity contribution in [2.75, 3.05) is 32.9 Å². The van der Waals surface area contributed by atoms with E-state index in [0.717, 1.165) is 61.5 Å². The first-order valence-electron chi connectivity index (χ1n) is 15.5. The van der Waals surface area contributed by atoms with Gasteiger partial charge in [-0.15, -0.1) is 11.3 Å². The van der Waals surface area contributed by atoms with Crippen molar-refractivity contribution >= 4 is 27.1 Å². The Labute approximate surface area is 265 Å². The number of carbonyl (C=O) groups is 1. The summed E-state index contributed by atoms with van der Waals surface area (Å²) < 4.78 is 37.8. The molecule has 7 nitrogen and oxygen atoms in total. The number of halogens is 1. The van der Waals surface area contributed by atoms with Crippen LogP contribution in [0.4, 0.5) is 4.39 Å². The molecule has 1 aliphatic heterocycles. The van der Waals surface area contributed by atoms with Gasteiger partial charge in [-0.25, -0.2) is 17.8 Å². The lowest BCUT2D eigenvalue weighted by molar-refractivity contribution is -0.145. The van der Waals surface area contributed by atoms with Crippen LogP contribution in [0.3, 0.4) is 0 Å². The fraction of sp³-hybridized carbons (Fsp3) is 0.529. The quantitative estimate of drug-likeness (QED) is 0.272. The van der Waals surface area contributed by atoms with Gasteiger partial charge in [0.1, 0.15) is 11.9 Å². The Bertz CT molecular complexity index is 1530. The molecule has 2 fully saturated rings. The van der Waals surface area contributed by atoms with Crippen molar-refractivity contribution in [3.8, 4) is 0 Å². The van der Waals surface area contributed by atoms with Crippen molar-refractivity contribution in [2.24, 2.45) is 11.8 Å². The molecule has 1 saturated carbocycles. The van der Waals surface area contributed by atoms with E-state index >= 15 is 0 Å². The number of likely N-dealkylation sites (N-methyl/N-ethyl adjacent to an activating group) is 1. The molecule has 0 unspecified atom stereocenters. The highest BCUT2D eigenvalue weighted by Gasteiger charge is 2.41. The number of aromatic nitrogens is 1. The van der Waals surface area contributed by atoms with Crippen molar-refractivity contribution < 1.29 is 22.7 Å². The van der Waals surface area contributed by atoms with Gasteiger partial charge in [0.05, 0.1) is 9.90 Å². The number of nitrogens with zero attached hydrogens (tertiary/aromatic N) is 3. The molecule has 0 spiro atoms. The Kier molecular flexibility index (Phi) is 10.2. The van der Waals surface area contributed by atoms with Crippen LogP contribution in [0.15, 0.2) is 59.6 Å². The SMILES string of the molecule is CC(C)[C@H](C(=O)O)N(C)[C@H]1C[C@H](CN2CCC(c3cnc(Cc4ccc(S(C)(=O)=O)cc4)s3)CC2)[C@@H](c2cccc(F)c2)C1. The molecule has 5 rings (SSSR count). The summed E-state index contributed by atoms with van der Waals surface area (Å²) in [7, 11) is -1.27. The summed E-state index contributed by atoms with van der Waals surface area (Å²) in [5, 5.41) is 11.0. The Hall–Kier alpha value is -2.66. The number of carboxylic acids is 1. The Morgan fingerprint density at radius 1 is 1.14 bits per heavy atom. The van der Waals surface area contributed by atoms with Crippen LogP contribution >= 0.6 is 11.3 Å². The van der Waals surface area contributed by atoms with E-state index in [0.29, 0.717) is 23.2 Å². The number of likely N-dealkylation sites (tertiary alicyclic amines) is 1. The molecule has 1 aromatic heterocycles. The van der Waals surface area contributed by atoms with Crippen molar-refractivity contribution in [2.45, 2.75) is 74.8 Å². The second-order valence-corrected chi connectivity index (χ2v) is 16.2. The summed E-state index contributed by atoms with van der Waals surface area (Å²) in [6, 6.07) is 13.6. The van der Waals surface area contributed by atoms with Gasteiger partial charge in [-0.1, -0.05) is 38.1 Å². The molecule has 1 aliphatic carbocycles.